The molecular formula is C32H24O3. The van der Waals surface area contributed by atoms with Gasteiger partial charge in [-0.3, -0.25) is 4.79 Å². The number of hydrogen-bond acceptors (Lipinski definition) is 3. The Morgan fingerprint density at radius 3 is 1.31 bits per heavy atom. The summed E-state index contributed by atoms with van der Waals surface area (Å²) in [5, 5.41) is 9.47. The number of phenols is 1. The fourth-order valence-electron chi connectivity index (χ4n) is 3.91. The first kappa shape index (κ1) is 22.2. The zero-order valence-corrected chi connectivity index (χ0v) is 19.3. The Morgan fingerprint density at radius 2 is 0.857 bits per heavy atom. The van der Waals surface area contributed by atoms with E-state index in [9.17, 15) is 9.90 Å². The van der Waals surface area contributed by atoms with E-state index in [1.165, 1.54) is 0 Å². The number of ether oxygens (including phenoxy) is 1. The highest BCUT2D eigenvalue weighted by molar-refractivity contribution is 6.09. The molecule has 170 valence electrons. The first-order valence-corrected chi connectivity index (χ1v) is 11.4. The van der Waals surface area contributed by atoms with Crippen molar-refractivity contribution in [3.8, 4) is 39.5 Å². The Kier molecular flexibility index (Phi) is 6.15. The van der Waals surface area contributed by atoms with Crippen molar-refractivity contribution in [3.63, 3.8) is 0 Å². The smallest absolute Gasteiger partial charge is 0.193 e. The molecule has 0 aliphatic heterocycles. The lowest BCUT2D eigenvalue weighted by atomic mass is 10.0. The van der Waals surface area contributed by atoms with Gasteiger partial charge in [0.1, 0.15) is 17.2 Å². The summed E-state index contributed by atoms with van der Waals surface area (Å²) in [5.41, 5.74) is 6.79. The van der Waals surface area contributed by atoms with E-state index < -0.39 is 0 Å². The zero-order chi connectivity index (χ0) is 24.2. The van der Waals surface area contributed by atoms with Gasteiger partial charge in [-0.25, -0.2) is 0 Å². The van der Waals surface area contributed by atoms with Gasteiger partial charge in [0.15, 0.2) is 5.78 Å². The highest BCUT2D eigenvalue weighted by Crippen LogP contribution is 2.29. The summed E-state index contributed by atoms with van der Waals surface area (Å²) in [6.45, 7) is 2.00. The minimum Gasteiger partial charge on any atom is -0.508 e. The van der Waals surface area contributed by atoms with Gasteiger partial charge in [-0.2, -0.15) is 0 Å². The van der Waals surface area contributed by atoms with Crippen LogP contribution >= 0.6 is 0 Å². The van der Waals surface area contributed by atoms with Crippen LogP contribution in [0.5, 0.6) is 17.2 Å². The lowest BCUT2D eigenvalue weighted by Gasteiger charge is -2.09. The molecule has 35 heavy (non-hydrogen) atoms. The lowest BCUT2D eigenvalue weighted by Crippen LogP contribution is -2.00. The van der Waals surface area contributed by atoms with Crippen molar-refractivity contribution in [2.24, 2.45) is 0 Å². The van der Waals surface area contributed by atoms with Crippen molar-refractivity contribution in [2.45, 2.75) is 6.92 Å². The van der Waals surface area contributed by atoms with Crippen molar-refractivity contribution < 1.29 is 14.6 Å². The Morgan fingerprint density at radius 1 is 0.514 bits per heavy atom. The molecule has 0 amide bonds. The normalized spacial score (nSPS) is 10.7. The minimum atomic E-state index is -0.00247. The molecule has 0 spiro atoms. The molecule has 0 unspecified atom stereocenters. The van der Waals surface area contributed by atoms with Crippen molar-refractivity contribution in [1.82, 2.24) is 0 Å². The molecule has 0 bridgehead atoms. The van der Waals surface area contributed by atoms with Gasteiger partial charge in [0.05, 0.1) is 0 Å². The van der Waals surface area contributed by atoms with Crippen LogP contribution in [0.4, 0.5) is 0 Å². The van der Waals surface area contributed by atoms with Gasteiger partial charge in [-0.05, 0) is 77.7 Å². The Bertz CT molecular complexity index is 1430. The predicted octanol–water partition coefficient (Wildman–Crippen LogP) is 8.06. The average molecular weight is 457 g/mol. The third-order valence-electron chi connectivity index (χ3n) is 5.94. The second-order valence-electron chi connectivity index (χ2n) is 8.47. The number of rotatable bonds is 6. The minimum absolute atomic E-state index is 0.00247. The number of carbonyl (C=O) groups excluding carboxylic acids is 1. The summed E-state index contributed by atoms with van der Waals surface area (Å²) in [4.78, 5) is 12.7. The van der Waals surface area contributed by atoms with Gasteiger partial charge >= 0.3 is 0 Å². The number of aromatic hydroxyl groups is 1. The van der Waals surface area contributed by atoms with Crippen LogP contribution in [0.2, 0.25) is 0 Å². The largest absolute Gasteiger partial charge is 0.508 e. The summed E-state index contributed by atoms with van der Waals surface area (Å²) in [6, 6.07) is 38.3. The second kappa shape index (κ2) is 9.70. The van der Waals surface area contributed by atoms with Gasteiger partial charge < -0.3 is 9.84 Å². The van der Waals surface area contributed by atoms with Crippen molar-refractivity contribution >= 4 is 5.78 Å². The third kappa shape index (κ3) is 5.15. The summed E-state index contributed by atoms with van der Waals surface area (Å²) in [7, 11) is 0. The molecule has 5 rings (SSSR count). The highest BCUT2D eigenvalue weighted by Gasteiger charge is 2.09. The average Bonchev–Trinajstić information content (AvgIpc) is 2.90. The van der Waals surface area contributed by atoms with Crippen LogP contribution < -0.4 is 4.74 Å². The summed E-state index contributed by atoms with van der Waals surface area (Å²) in [6.07, 6.45) is 0. The molecule has 0 radical (unpaired) electrons. The fourth-order valence-corrected chi connectivity index (χ4v) is 3.91. The quantitative estimate of drug-likeness (QED) is 0.263. The molecule has 3 nitrogen and oxygen atoms in total. The molecule has 3 heteroatoms. The second-order valence-corrected chi connectivity index (χ2v) is 8.47. The van der Waals surface area contributed by atoms with E-state index in [0.29, 0.717) is 16.9 Å². The van der Waals surface area contributed by atoms with Crippen LogP contribution in [0.3, 0.4) is 0 Å². The molecule has 0 aliphatic rings. The van der Waals surface area contributed by atoms with Crippen LogP contribution in [0.15, 0.2) is 121 Å². The van der Waals surface area contributed by atoms with Gasteiger partial charge in [0.2, 0.25) is 0 Å². The molecule has 5 aromatic carbocycles. The van der Waals surface area contributed by atoms with Crippen LogP contribution in [-0.2, 0) is 0 Å². The first-order valence-electron chi connectivity index (χ1n) is 11.4. The van der Waals surface area contributed by atoms with Gasteiger partial charge in [0.25, 0.3) is 0 Å². The van der Waals surface area contributed by atoms with Gasteiger partial charge in [-0.1, -0.05) is 78.4 Å². The standard InChI is InChI=1S/C32H24O3/c1-22-2-4-27(5-3-22)32(34)28-14-20-31(21-15-28)35-30-18-12-26(13-19-30)24-8-6-23(7-9-24)25-10-16-29(33)17-11-25/h2-21,33H,1H3. The van der Waals surface area contributed by atoms with E-state index in [4.69, 9.17) is 4.74 Å². The number of carbonyl (C=O) groups is 1. The molecule has 0 aliphatic carbocycles. The maximum absolute atomic E-state index is 12.7. The molecule has 0 fully saturated rings. The number of ketones is 1. The van der Waals surface area contributed by atoms with Crippen molar-refractivity contribution in [2.75, 3.05) is 0 Å². The van der Waals surface area contributed by atoms with Crippen LogP contribution in [0.1, 0.15) is 21.5 Å². The molecule has 0 aromatic heterocycles. The number of aryl methyl sites for hydroxylation is 1. The molecule has 0 saturated heterocycles. The molecule has 1 N–H and O–H groups in total. The van der Waals surface area contributed by atoms with Gasteiger partial charge in [-0.15, -0.1) is 0 Å². The molecule has 0 atom stereocenters. The van der Waals surface area contributed by atoms with E-state index in [1.54, 1.807) is 24.3 Å². The van der Waals surface area contributed by atoms with Crippen LogP contribution in [-0.4, -0.2) is 10.9 Å². The maximum atomic E-state index is 12.7. The molecule has 5 aromatic rings. The fraction of sp³-hybridized carbons (Fsp3) is 0.0312. The van der Waals surface area contributed by atoms with Crippen LogP contribution in [0, 0.1) is 6.92 Å². The van der Waals surface area contributed by atoms with E-state index in [1.807, 2.05) is 79.7 Å². The van der Waals surface area contributed by atoms with E-state index >= 15 is 0 Å². The number of benzene rings is 5. The first-order chi connectivity index (χ1) is 17.0. The molecule has 0 saturated carbocycles. The van der Waals surface area contributed by atoms with Crippen molar-refractivity contribution in [3.05, 3.63) is 138 Å². The summed E-state index contributed by atoms with van der Waals surface area (Å²) < 4.78 is 5.98. The summed E-state index contributed by atoms with van der Waals surface area (Å²) in [5.74, 6) is 1.67. The predicted molar refractivity (Wildman–Crippen MR) is 140 cm³/mol. The number of hydrogen-bond donors (Lipinski definition) is 1. The molecular weight excluding hydrogens is 432 g/mol. The maximum Gasteiger partial charge on any atom is 0.193 e. The highest BCUT2D eigenvalue weighted by atomic mass is 16.5. The van der Waals surface area contributed by atoms with Crippen molar-refractivity contribution in [1.29, 1.82) is 0 Å². The Hall–Kier alpha value is -4.63. The SMILES string of the molecule is Cc1ccc(C(=O)c2ccc(Oc3ccc(-c4ccc(-c5ccc(O)cc5)cc4)cc3)cc2)cc1. The van der Waals surface area contributed by atoms with E-state index in [-0.39, 0.29) is 11.5 Å². The number of phenolic OH excluding ortho intramolecular Hbond substituents is 1. The molecule has 0 heterocycles. The zero-order valence-electron chi connectivity index (χ0n) is 19.3. The van der Waals surface area contributed by atoms with E-state index in [0.717, 1.165) is 33.6 Å². The summed E-state index contributed by atoms with van der Waals surface area (Å²) >= 11 is 0. The van der Waals surface area contributed by atoms with Gasteiger partial charge in [0, 0.05) is 11.1 Å². The van der Waals surface area contributed by atoms with E-state index in [2.05, 4.69) is 24.3 Å². The monoisotopic (exact) mass is 456 g/mol. The Balaban J connectivity index is 1.25. The van der Waals surface area contributed by atoms with Crippen LogP contribution in [0.25, 0.3) is 22.3 Å². The lowest BCUT2D eigenvalue weighted by molar-refractivity contribution is 0.103. The Labute approximate surface area is 204 Å². The third-order valence-corrected chi connectivity index (χ3v) is 5.94. The topological polar surface area (TPSA) is 46.5 Å².